The molecule has 9 heteroatoms. The van der Waals surface area contributed by atoms with Crippen LogP contribution in [0, 0.1) is 11.6 Å². The van der Waals surface area contributed by atoms with E-state index in [0.29, 0.717) is 6.07 Å². The van der Waals surface area contributed by atoms with E-state index in [-0.39, 0.29) is 17.5 Å². The Hall–Kier alpha value is -2.97. The molecule has 0 saturated heterocycles. The third-order valence-corrected chi connectivity index (χ3v) is 3.74. The van der Waals surface area contributed by atoms with Crippen LogP contribution in [0.1, 0.15) is 16.7 Å². The van der Waals surface area contributed by atoms with E-state index in [2.05, 4.69) is 5.32 Å². The first kappa shape index (κ1) is 20.3. The fourth-order valence-electron chi connectivity index (χ4n) is 2.42. The van der Waals surface area contributed by atoms with Crippen molar-refractivity contribution < 1.29 is 31.5 Å². The molecule has 0 saturated carbocycles. The Kier molecular flexibility index (Phi) is 6.14. The Labute approximate surface area is 151 Å². The van der Waals surface area contributed by atoms with Gasteiger partial charge in [0.1, 0.15) is 17.7 Å². The van der Waals surface area contributed by atoms with Gasteiger partial charge in [0, 0.05) is 12.5 Å². The lowest BCUT2D eigenvalue weighted by atomic mass is 10.0. The van der Waals surface area contributed by atoms with E-state index in [4.69, 9.17) is 5.73 Å². The number of carbonyl (C=O) groups is 2. The molecule has 0 unspecified atom stereocenters. The van der Waals surface area contributed by atoms with Crippen LogP contribution in [0.3, 0.4) is 0 Å². The van der Waals surface area contributed by atoms with Crippen molar-refractivity contribution in [3.8, 4) is 0 Å². The second kappa shape index (κ2) is 8.15. The van der Waals surface area contributed by atoms with Gasteiger partial charge in [-0.3, -0.25) is 9.59 Å². The van der Waals surface area contributed by atoms with Crippen LogP contribution in [-0.2, 0) is 28.6 Å². The highest BCUT2D eigenvalue weighted by Crippen LogP contribution is 2.29. The second-order valence-corrected chi connectivity index (χ2v) is 5.84. The molecule has 0 aliphatic rings. The molecule has 2 aromatic carbocycles. The molecule has 0 radical (unpaired) electrons. The molecule has 4 nitrogen and oxygen atoms in total. The highest BCUT2D eigenvalue weighted by molar-refractivity contribution is 5.87. The zero-order chi connectivity index (χ0) is 20.2. The minimum Gasteiger partial charge on any atom is -0.368 e. The molecule has 27 heavy (non-hydrogen) atoms. The van der Waals surface area contributed by atoms with E-state index in [1.54, 1.807) is 0 Å². The highest BCUT2D eigenvalue weighted by atomic mass is 19.4. The molecule has 144 valence electrons. The number of hydrogen-bond acceptors (Lipinski definition) is 2. The number of carbonyl (C=O) groups excluding carboxylic acids is 2. The standard InChI is InChI=1S/C18H15F5N2O2/c19-13-5-4-11(14(20)9-13)8-16(26)25-15(17(24)27)7-10-2-1-3-12(6-10)18(21,22)23/h1-6,9,15H,7-8H2,(H2,24,27)(H,25,26)/t15-/m1/s1. The molecule has 0 aromatic heterocycles. The summed E-state index contributed by atoms with van der Waals surface area (Å²) < 4.78 is 64.7. The van der Waals surface area contributed by atoms with Crippen molar-refractivity contribution in [2.45, 2.75) is 25.1 Å². The molecule has 2 rings (SSSR count). The smallest absolute Gasteiger partial charge is 0.368 e. The number of nitrogens with two attached hydrogens (primary N) is 1. The van der Waals surface area contributed by atoms with Crippen molar-refractivity contribution in [1.82, 2.24) is 5.32 Å². The van der Waals surface area contributed by atoms with Crippen LogP contribution in [0.4, 0.5) is 22.0 Å². The molecule has 3 N–H and O–H groups in total. The number of amides is 2. The predicted octanol–water partition coefficient (Wildman–Crippen LogP) is 2.74. The minimum absolute atomic E-state index is 0.101. The first-order valence-corrected chi connectivity index (χ1v) is 7.75. The lowest BCUT2D eigenvalue weighted by Gasteiger charge is -2.17. The van der Waals surface area contributed by atoms with Crippen LogP contribution in [0.2, 0.25) is 0 Å². The van der Waals surface area contributed by atoms with Crippen LogP contribution in [0.15, 0.2) is 42.5 Å². The normalized spacial score (nSPS) is 12.5. The van der Waals surface area contributed by atoms with E-state index in [0.717, 1.165) is 24.3 Å². The first-order valence-electron chi connectivity index (χ1n) is 7.75. The number of alkyl halides is 3. The Morgan fingerprint density at radius 3 is 2.37 bits per heavy atom. The van der Waals surface area contributed by atoms with E-state index in [9.17, 15) is 31.5 Å². The van der Waals surface area contributed by atoms with Crippen LogP contribution in [0.5, 0.6) is 0 Å². The van der Waals surface area contributed by atoms with Gasteiger partial charge in [-0.15, -0.1) is 0 Å². The van der Waals surface area contributed by atoms with E-state index in [1.807, 2.05) is 0 Å². The van der Waals surface area contributed by atoms with Crippen molar-refractivity contribution in [2.24, 2.45) is 5.73 Å². The average Bonchev–Trinajstić information content (AvgIpc) is 2.56. The van der Waals surface area contributed by atoms with Crippen molar-refractivity contribution >= 4 is 11.8 Å². The van der Waals surface area contributed by atoms with Gasteiger partial charge in [-0.2, -0.15) is 13.2 Å². The van der Waals surface area contributed by atoms with E-state index < -0.39 is 47.7 Å². The van der Waals surface area contributed by atoms with Crippen molar-refractivity contribution in [3.05, 3.63) is 70.8 Å². The zero-order valence-electron chi connectivity index (χ0n) is 13.8. The van der Waals surface area contributed by atoms with Crippen LogP contribution in [0.25, 0.3) is 0 Å². The monoisotopic (exact) mass is 386 g/mol. The number of halogens is 5. The fraction of sp³-hybridized carbons (Fsp3) is 0.222. The third kappa shape index (κ3) is 5.77. The maximum Gasteiger partial charge on any atom is 0.416 e. The number of rotatable bonds is 6. The molecule has 0 bridgehead atoms. The maximum atomic E-state index is 13.6. The Morgan fingerprint density at radius 2 is 1.78 bits per heavy atom. The molecule has 1 atom stereocenters. The molecular formula is C18H15F5N2O2. The summed E-state index contributed by atoms with van der Waals surface area (Å²) in [4.78, 5) is 23.6. The molecule has 0 heterocycles. The van der Waals surface area contributed by atoms with Gasteiger partial charge in [-0.25, -0.2) is 8.78 Å². The molecule has 0 aliphatic carbocycles. The number of primary amides is 1. The summed E-state index contributed by atoms with van der Waals surface area (Å²) in [5.74, 6) is -3.48. The molecule has 0 aliphatic heterocycles. The molecular weight excluding hydrogens is 371 g/mol. The summed E-state index contributed by atoms with van der Waals surface area (Å²) in [6.45, 7) is 0. The Balaban J connectivity index is 2.09. The van der Waals surface area contributed by atoms with Gasteiger partial charge in [-0.1, -0.05) is 24.3 Å². The number of benzene rings is 2. The second-order valence-electron chi connectivity index (χ2n) is 5.84. The van der Waals surface area contributed by atoms with Crippen LogP contribution >= 0.6 is 0 Å². The average molecular weight is 386 g/mol. The van der Waals surface area contributed by atoms with Gasteiger partial charge >= 0.3 is 6.18 Å². The molecule has 2 aromatic rings. The quantitative estimate of drug-likeness (QED) is 0.750. The largest absolute Gasteiger partial charge is 0.416 e. The van der Waals surface area contributed by atoms with E-state index in [1.165, 1.54) is 12.1 Å². The van der Waals surface area contributed by atoms with Gasteiger partial charge in [-0.05, 0) is 23.3 Å². The van der Waals surface area contributed by atoms with Crippen molar-refractivity contribution in [3.63, 3.8) is 0 Å². The summed E-state index contributed by atoms with van der Waals surface area (Å²) in [6.07, 6.45) is -5.31. The summed E-state index contributed by atoms with van der Waals surface area (Å²) in [5.41, 5.74) is 4.34. The van der Waals surface area contributed by atoms with Gasteiger partial charge < -0.3 is 11.1 Å². The minimum atomic E-state index is -4.55. The van der Waals surface area contributed by atoms with Gasteiger partial charge in [0.25, 0.3) is 0 Å². The maximum absolute atomic E-state index is 13.6. The predicted molar refractivity (Wildman–Crippen MR) is 86.3 cm³/mol. The fourth-order valence-corrected chi connectivity index (χ4v) is 2.42. The topological polar surface area (TPSA) is 72.2 Å². The van der Waals surface area contributed by atoms with Gasteiger partial charge in [0.2, 0.25) is 11.8 Å². The number of nitrogens with one attached hydrogen (secondary N) is 1. The van der Waals surface area contributed by atoms with Crippen LogP contribution < -0.4 is 11.1 Å². The van der Waals surface area contributed by atoms with Gasteiger partial charge in [0.15, 0.2) is 0 Å². The van der Waals surface area contributed by atoms with E-state index >= 15 is 0 Å². The van der Waals surface area contributed by atoms with Gasteiger partial charge in [0.05, 0.1) is 12.0 Å². The van der Waals surface area contributed by atoms with Crippen molar-refractivity contribution in [2.75, 3.05) is 0 Å². The van der Waals surface area contributed by atoms with Crippen LogP contribution in [-0.4, -0.2) is 17.9 Å². The highest BCUT2D eigenvalue weighted by Gasteiger charge is 2.30. The lowest BCUT2D eigenvalue weighted by molar-refractivity contribution is -0.137. The van der Waals surface area contributed by atoms with Crippen molar-refractivity contribution in [1.29, 1.82) is 0 Å². The zero-order valence-corrected chi connectivity index (χ0v) is 13.8. The summed E-state index contributed by atoms with van der Waals surface area (Å²) >= 11 is 0. The molecule has 2 amide bonds. The summed E-state index contributed by atoms with van der Waals surface area (Å²) in [5, 5.41) is 2.26. The lowest BCUT2D eigenvalue weighted by Crippen LogP contribution is -2.46. The Bertz CT molecular complexity index is 852. The molecule has 0 spiro atoms. The Morgan fingerprint density at radius 1 is 1.07 bits per heavy atom. The summed E-state index contributed by atoms with van der Waals surface area (Å²) in [6, 6.07) is 5.63. The third-order valence-electron chi connectivity index (χ3n) is 3.74. The SMILES string of the molecule is NC(=O)[C@@H](Cc1cccc(C(F)(F)F)c1)NC(=O)Cc1ccc(F)cc1F. The summed E-state index contributed by atoms with van der Waals surface area (Å²) in [7, 11) is 0. The number of hydrogen-bond donors (Lipinski definition) is 2. The first-order chi connectivity index (χ1) is 12.6. The molecule has 0 fully saturated rings.